The lowest BCUT2D eigenvalue weighted by Gasteiger charge is -2.11. The van der Waals surface area contributed by atoms with Crippen LogP contribution in [0.3, 0.4) is 0 Å². The first-order valence-corrected chi connectivity index (χ1v) is 6.26. The van der Waals surface area contributed by atoms with Crippen LogP contribution in [0.15, 0.2) is 48.5 Å². The van der Waals surface area contributed by atoms with E-state index in [0.29, 0.717) is 17.8 Å². The summed E-state index contributed by atoms with van der Waals surface area (Å²) in [6.45, 7) is 0.581. The number of halogens is 1. The van der Waals surface area contributed by atoms with Gasteiger partial charge in [0.25, 0.3) is 0 Å². The molecule has 20 heavy (non-hydrogen) atoms. The summed E-state index contributed by atoms with van der Waals surface area (Å²) in [6, 6.07) is 13.3. The maximum atomic E-state index is 13.1. The monoisotopic (exact) mass is 273 g/mol. The van der Waals surface area contributed by atoms with E-state index in [1.165, 1.54) is 18.2 Å². The molecule has 0 bridgehead atoms. The van der Waals surface area contributed by atoms with E-state index in [1.807, 2.05) is 30.3 Å². The van der Waals surface area contributed by atoms with E-state index in [2.05, 4.69) is 10.6 Å². The fourth-order valence-electron chi connectivity index (χ4n) is 1.80. The second-order valence-electron chi connectivity index (χ2n) is 4.30. The maximum absolute atomic E-state index is 13.1. The molecule has 0 saturated carbocycles. The number of amides is 2. The Labute approximate surface area is 116 Å². The first kappa shape index (κ1) is 14.0. The van der Waals surface area contributed by atoms with Gasteiger partial charge in [-0.25, -0.2) is 9.18 Å². The molecule has 0 aliphatic heterocycles. The Morgan fingerprint density at radius 3 is 2.60 bits per heavy atom. The van der Waals surface area contributed by atoms with Crippen LogP contribution in [-0.4, -0.2) is 6.03 Å². The van der Waals surface area contributed by atoms with Crippen molar-refractivity contribution in [2.75, 3.05) is 5.32 Å². The Balaban J connectivity index is 1.95. The van der Waals surface area contributed by atoms with Gasteiger partial charge >= 0.3 is 6.03 Å². The number of benzene rings is 2. The van der Waals surface area contributed by atoms with E-state index in [-0.39, 0.29) is 18.4 Å². The minimum atomic E-state index is -0.374. The molecule has 0 saturated heterocycles. The number of nitrogens with two attached hydrogens (primary N) is 1. The molecule has 4 N–H and O–H groups in total. The molecule has 0 radical (unpaired) electrons. The molecule has 5 heteroatoms. The van der Waals surface area contributed by atoms with Crippen LogP contribution >= 0.6 is 0 Å². The van der Waals surface area contributed by atoms with Crippen molar-refractivity contribution in [2.24, 2.45) is 5.73 Å². The fraction of sp³-hybridized carbons (Fsp3) is 0.133. The van der Waals surface area contributed by atoms with Gasteiger partial charge in [0.1, 0.15) is 5.82 Å². The Bertz CT molecular complexity index is 587. The zero-order chi connectivity index (χ0) is 14.4. The number of anilines is 1. The second-order valence-corrected chi connectivity index (χ2v) is 4.30. The SMILES string of the molecule is NCc1cc(F)ccc1NC(=O)NCc1ccccc1. The van der Waals surface area contributed by atoms with Gasteiger partial charge in [-0.1, -0.05) is 30.3 Å². The Morgan fingerprint density at radius 2 is 1.90 bits per heavy atom. The smallest absolute Gasteiger partial charge is 0.319 e. The summed E-state index contributed by atoms with van der Waals surface area (Å²) in [7, 11) is 0. The molecule has 2 aromatic carbocycles. The van der Waals surface area contributed by atoms with E-state index in [1.54, 1.807) is 0 Å². The molecular formula is C15H16FN3O. The molecule has 104 valence electrons. The quantitative estimate of drug-likeness (QED) is 0.801. The Kier molecular flexibility index (Phi) is 4.68. The number of rotatable bonds is 4. The van der Waals surface area contributed by atoms with Crippen molar-refractivity contribution in [1.82, 2.24) is 5.32 Å². The van der Waals surface area contributed by atoms with Gasteiger partial charge in [-0.05, 0) is 29.3 Å². The van der Waals surface area contributed by atoms with E-state index >= 15 is 0 Å². The summed E-state index contributed by atoms with van der Waals surface area (Å²) < 4.78 is 13.1. The van der Waals surface area contributed by atoms with Crippen molar-refractivity contribution in [3.05, 3.63) is 65.5 Å². The first-order chi connectivity index (χ1) is 9.69. The lowest BCUT2D eigenvalue weighted by atomic mass is 10.1. The highest BCUT2D eigenvalue weighted by molar-refractivity contribution is 5.90. The highest BCUT2D eigenvalue weighted by Crippen LogP contribution is 2.16. The van der Waals surface area contributed by atoms with Crippen LogP contribution in [0.25, 0.3) is 0 Å². The molecule has 2 rings (SSSR count). The van der Waals surface area contributed by atoms with Gasteiger partial charge in [-0.3, -0.25) is 0 Å². The van der Waals surface area contributed by atoms with Crippen molar-refractivity contribution in [1.29, 1.82) is 0 Å². The van der Waals surface area contributed by atoms with E-state index < -0.39 is 0 Å². The summed E-state index contributed by atoms with van der Waals surface area (Å²) in [5.74, 6) is -0.374. The molecule has 0 aliphatic carbocycles. The molecule has 0 aromatic heterocycles. The molecule has 2 amide bonds. The number of hydrogen-bond donors (Lipinski definition) is 3. The minimum absolute atomic E-state index is 0.159. The summed E-state index contributed by atoms with van der Waals surface area (Å²) in [6.07, 6.45) is 0. The predicted octanol–water partition coefficient (Wildman–Crippen LogP) is 2.61. The summed E-state index contributed by atoms with van der Waals surface area (Å²) in [5, 5.41) is 5.39. The van der Waals surface area contributed by atoms with Gasteiger partial charge in [0.2, 0.25) is 0 Å². The lowest BCUT2D eigenvalue weighted by Crippen LogP contribution is -2.28. The topological polar surface area (TPSA) is 67.1 Å². The highest BCUT2D eigenvalue weighted by Gasteiger charge is 2.06. The van der Waals surface area contributed by atoms with Gasteiger partial charge < -0.3 is 16.4 Å². The Morgan fingerprint density at radius 1 is 1.15 bits per heavy atom. The predicted molar refractivity (Wildman–Crippen MR) is 76.6 cm³/mol. The molecule has 0 heterocycles. The molecule has 0 aliphatic rings. The minimum Gasteiger partial charge on any atom is -0.334 e. The first-order valence-electron chi connectivity index (χ1n) is 6.26. The zero-order valence-corrected chi connectivity index (χ0v) is 10.9. The van der Waals surface area contributed by atoms with E-state index in [0.717, 1.165) is 5.56 Å². The number of urea groups is 1. The zero-order valence-electron chi connectivity index (χ0n) is 10.9. The third-order valence-electron chi connectivity index (χ3n) is 2.83. The number of nitrogens with one attached hydrogen (secondary N) is 2. The third-order valence-corrected chi connectivity index (χ3v) is 2.83. The van der Waals surface area contributed by atoms with Crippen LogP contribution in [0, 0.1) is 5.82 Å². The van der Waals surface area contributed by atoms with Gasteiger partial charge in [0.05, 0.1) is 0 Å². The van der Waals surface area contributed by atoms with Gasteiger partial charge in [0, 0.05) is 18.8 Å². The average molecular weight is 273 g/mol. The summed E-state index contributed by atoms with van der Waals surface area (Å²) in [5.41, 5.74) is 7.59. The molecule has 0 spiro atoms. The molecule has 0 fully saturated rings. The molecule has 0 atom stereocenters. The van der Waals surface area contributed by atoms with Crippen LogP contribution in [0.4, 0.5) is 14.9 Å². The van der Waals surface area contributed by atoms with Crippen molar-refractivity contribution >= 4 is 11.7 Å². The number of carbonyl (C=O) groups excluding carboxylic acids is 1. The second kappa shape index (κ2) is 6.68. The van der Waals surface area contributed by atoms with Crippen molar-refractivity contribution < 1.29 is 9.18 Å². The molecule has 0 unspecified atom stereocenters. The van der Waals surface area contributed by atoms with Crippen molar-refractivity contribution in [3.63, 3.8) is 0 Å². The van der Waals surface area contributed by atoms with E-state index in [9.17, 15) is 9.18 Å². The van der Waals surface area contributed by atoms with Crippen molar-refractivity contribution in [2.45, 2.75) is 13.1 Å². The largest absolute Gasteiger partial charge is 0.334 e. The molecule has 4 nitrogen and oxygen atoms in total. The van der Waals surface area contributed by atoms with Crippen LogP contribution in [0.2, 0.25) is 0 Å². The highest BCUT2D eigenvalue weighted by atomic mass is 19.1. The van der Waals surface area contributed by atoms with Gasteiger partial charge in [0.15, 0.2) is 0 Å². The normalized spacial score (nSPS) is 10.1. The fourth-order valence-corrected chi connectivity index (χ4v) is 1.80. The Hall–Kier alpha value is -2.40. The summed E-state index contributed by atoms with van der Waals surface area (Å²) in [4.78, 5) is 11.8. The number of carbonyl (C=O) groups is 1. The van der Waals surface area contributed by atoms with Crippen LogP contribution in [0.1, 0.15) is 11.1 Å². The van der Waals surface area contributed by atoms with Crippen molar-refractivity contribution in [3.8, 4) is 0 Å². The van der Waals surface area contributed by atoms with E-state index in [4.69, 9.17) is 5.73 Å². The summed E-state index contributed by atoms with van der Waals surface area (Å²) >= 11 is 0. The van der Waals surface area contributed by atoms with Gasteiger partial charge in [-0.15, -0.1) is 0 Å². The third kappa shape index (κ3) is 3.80. The number of hydrogen-bond acceptors (Lipinski definition) is 2. The molecular weight excluding hydrogens is 257 g/mol. The van der Waals surface area contributed by atoms with Crippen LogP contribution < -0.4 is 16.4 Å². The van der Waals surface area contributed by atoms with Crippen LogP contribution in [0.5, 0.6) is 0 Å². The standard InChI is InChI=1S/C15H16FN3O/c16-13-6-7-14(12(8-13)9-17)19-15(20)18-10-11-4-2-1-3-5-11/h1-8H,9-10,17H2,(H2,18,19,20). The average Bonchev–Trinajstić information content (AvgIpc) is 2.48. The lowest BCUT2D eigenvalue weighted by molar-refractivity contribution is 0.251. The molecule has 2 aromatic rings. The van der Waals surface area contributed by atoms with Gasteiger partial charge in [-0.2, -0.15) is 0 Å². The maximum Gasteiger partial charge on any atom is 0.319 e. The van der Waals surface area contributed by atoms with Crippen LogP contribution in [-0.2, 0) is 13.1 Å².